The molecule has 3 atom stereocenters. The van der Waals surface area contributed by atoms with E-state index >= 15 is 0 Å². The summed E-state index contributed by atoms with van der Waals surface area (Å²) in [5, 5.41) is 35.6. The van der Waals surface area contributed by atoms with Crippen molar-refractivity contribution in [3.63, 3.8) is 0 Å². The number of carbonyl (C=O) groups excluding carboxylic acids is 1. The fraction of sp³-hybridized carbons (Fsp3) is 0.240. The van der Waals surface area contributed by atoms with Gasteiger partial charge in [0, 0.05) is 34.6 Å². The maximum atomic E-state index is 12.5. The predicted molar refractivity (Wildman–Crippen MR) is 141 cm³/mol. The first-order valence-electron chi connectivity index (χ1n) is 11.2. The van der Waals surface area contributed by atoms with E-state index in [4.69, 9.17) is 9.47 Å². The quantitative estimate of drug-likeness (QED) is 0.107. The number of fused-ring (bicyclic) bond motifs is 1. The molecule has 4 aromatic rings. The summed E-state index contributed by atoms with van der Waals surface area (Å²) in [5.41, 5.74) is 2.21. The fourth-order valence-electron chi connectivity index (χ4n) is 4.59. The van der Waals surface area contributed by atoms with E-state index in [1.165, 1.54) is 43.8 Å². The number of hydrogen-bond acceptors (Lipinski definition) is 10. The number of aromatic amines is 2. The number of nitrogens with zero attached hydrogens (tertiary/aromatic N) is 2. The number of aromatic hydroxyl groups is 1. The average Bonchev–Trinajstić information content (AvgIpc) is 3.59. The molecule has 0 amide bonds. The van der Waals surface area contributed by atoms with E-state index in [0.29, 0.717) is 22.8 Å². The number of para-hydroxylation sites is 1. The maximum absolute atomic E-state index is 12.5. The number of thioether (sulfide) groups is 2. The molecule has 0 saturated carbocycles. The number of aliphatic hydroxyl groups excluding tert-OH is 1. The van der Waals surface area contributed by atoms with Gasteiger partial charge >= 0.3 is 5.97 Å². The van der Waals surface area contributed by atoms with Crippen LogP contribution in [0.2, 0.25) is 0 Å². The van der Waals surface area contributed by atoms with E-state index in [0.717, 1.165) is 16.5 Å². The first-order chi connectivity index (χ1) is 17.9. The lowest BCUT2D eigenvalue weighted by Gasteiger charge is -2.43. The van der Waals surface area contributed by atoms with Gasteiger partial charge in [-0.3, -0.25) is 0 Å². The number of benzene rings is 2. The van der Waals surface area contributed by atoms with Crippen LogP contribution in [-0.2, 0) is 14.3 Å². The molecule has 0 spiro atoms. The molecule has 5 N–H and O–H groups in total. The largest absolute Gasteiger partial charge is 0.504 e. The number of nitrogens with one attached hydrogen (secondary N) is 2. The summed E-state index contributed by atoms with van der Waals surface area (Å²) in [6, 6.07) is 12.5. The van der Waals surface area contributed by atoms with Gasteiger partial charge in [-0.2, -0.15) is 0 Å². The highest BCUT2D eigenvalue weighted by molar-refractivity contribution is 8.17. The van der Waals surface area contributed by atoms with Crippen LogP contribution in [0.15, 0.2) is 60.0 Å². The molecule has 3 heterocycles. The number of ether oxygens (including phenoxy) is 2. The van der Waals surface area contributed by atoms with Crippen molar-refractivity contribution in [2.24, 2.45) is 5.16 Å². The summed E-state index contributed by atoms with van der Waals surface area (Å²) in [6.07, 6.45) is 2.42. The Balaban J connectivity index is 1.72. The van der Waals surface area contributed by atoms with Crippen molar-refractivity contribution in [1.29, 1.82) is 0 Å². The van der Waals surface area contributed by atoms with Crippen molar-refractivity contribution >= 4 is 46.1 Å². The van der Waals surface area contributed by atoms with E-state index in [2.05, 4.69) is 20.1 Å². The highest BCUT2D eigenvalue weighted by atomic mass is 32.2. The Kier molecular flexibility index (Phi) is 6.80. The second-order valence-electron chi connectivity index (χ2n) is 8.26. The molecule has 1 fully saturated rings. The minimum atomic E-state index is -1.09. The third-order valence-corrected chi connectivity index (χ3v) is 9.59. The molecule has 10 nitrogen and oxygen atoms in total. The minimum absolute atomic E-state index is 0.0251. The van der Waals surface area contributed by atoms with Crippen LogP contribution >= 0.6 is 23.5 Å². The number of carbonyl (C=O) groups is 1. The second-order valence-corrected chi connectivity index (χ2v) is 11.0. The van der Waals surface area contributed by atoms with E-state index in [1.54, 1.807) is 24.5 Å². The number of H-pyrrole nitrogens is 2. The van der Waals surface area contributed by atoms with Crippen LogP contribution in [0.1, 0.15) is 27.2 Å². The van der Waals surface area contributed by atoms with Crippen molar-refractivity contribution in [3.8, 4) is 11.5 Å². The third kappa shape index (κ3) is 4.10. The van der Waals surface area contributed by atoms with E-state index < -0.39 is 16.8 Å². The lowest BCUT2D eigenvalue weighted by molar-refractivity contribution is -0.132. The summed E-state index contributed by atoms with van der Waals surface area (Å²) < 4.78 is 8.79. The Labute approximate surface area is 220 Å². The molecule has 192 valence electrons. The first kappa shape index (κ1) is 25.1. The topological polar surface area (TPSA) is 153 Å². The molecule has 2 aromatic carbocycles. The number of oxime groups is 1. The lowest BCUT2D eigenvalue weighted by Crippen LogP contribution is -2.43. The number of hydrogen-bond donors (Lipinski definition) is 5. The molecule has 37 heavy (non-hydrogen) atoms. The van der Waals surface area contributed by atoms with Crippen LogP contribution in [0.3, 0.4) is 0 Å². The van der Waals surface area contributed by atoms with Crippen molar-refractivity contribution in [1.82, 2.24) is 15.0 Å². The van der Waals surface area contributed by atoms with Crippen LogP contribution in [0, 0.1) is 0 Å². The molecule has 1 aliphatic rings. The zero-order valence-electron chi connectivity index (χ0n) is 19.8. The number of methoxy groups -OCH3 is 2. The molecule has 0 bridgehead atoms. The zero-order valence-corrected chi connectivity index (χ0v) is 21.5. The molecule has 5 rings (SSSR count). The van der Waals surface area contributed by atoms with Gasteiger partial charge in [0.1, 0.15) is 10.6 Å². The van der Waals surface area contributed by atoms with Crippen molar-refractivity contribution in [2.75, 3.05) is 20.0 Å². The van der Waals surface area contributed by atoms with E-state index in [9.17, 15) is 20.2 Å². The standard InChI is InChI=1S/C25H24N4O6S2/c1-34-17-11-13(7-8-16(17)30)25(24-26-9-10-27-24)18(31)12-36-23(37-25)19-14-5-3-4-6-15(14)28-20(19)21(29-33)22(32)35-2/h3-11,18,23,28,30-31,33H,12H2,1-2H3,(H,26,27)/b29-21+/t18-,23?,25-/m1/s1. The minimum Gasteiger partial charge on any atom is -0.504 e. The van der Waals surface area contributed by atoms with Crippen molar-refractivity contribution in [3.05, 3.63) is 77.5 Å². The highest BCUT2D eigenvalue weighted by Crippen LogP contribution is 2.61. The van der Waals surface area contributed by atoms with Gasteiger partial charge in [0.2, 0.25) is 5.71 Å². The Hall–Kier alpha value is -3.61. The zero-order chi connectivity index (χ0) is 26.2. The lowest BCUT2D eigenvalue weighted by atomic mass is 9.91. The van der Waals surface area contributed by atoms with Gasteiger partial charge in [-0.05, 0) is 23.8 Å². The number of rotatable bonds is 6. The van der Waals surface area contributed by atoms with Crippen molar-refractivity contribution in [2.45, 2.75) is 15.4 Å². The molecule has 0 radical (unpaired) electrons. The molecule has 12 heteroatoms. The number of aliphatic hydroxyl groups is 1. The summed E-state index contributed by atoms with van der Waals surface area (Å²) >= 11 is 2.92. The summed E-state index contributed by atoms with van der Waals surface area (Å²) in [6.45, 7) is 0. The van der Waals surface area contributed by atoms with E-state index in [-0.39, 0.29) is 21.8 Å². The van der Waals surface area contributed by atoms with Crippen LogP contribution in [0.4, 0.5) is 0 Å². The van der Waals surface area contributed by atoms with Gasteiger partial charge in [0.05, 0.1) is 30.6 Å². The van der Waals surface area contributed by atoms with Gasteiger partial charge in [-0.15, -0.1) is 23.5 Å². The summed E-state index contributed by atoms with van der Waals surface area (Å²) in [4.78, 5) is 23.4. The molecular weight excluding hydrogens is 516 g/mol. The van der Waals surface area contributed by atoms with Gasteiger partial charge in [-0.25, -0.2) is 9.78 Å². The Morgan fingerprint density at radius 2 is 2.05 bits per heavy atom. The molecule has 0 aliphatic carbocycles. The summed E-state index contributed by atoms with van der Waals surface area (Å²) in [5.74, 6) is 0.293. The number of imidazole rings is 1. The number of aromatic nitrogens is 3. The first-order valence-corrected chi connectivity index (χ1v) is 13.1. The van der Waals surface area contributed by atoms with Crippen LogP contribution in [0.25, 0.3) is 10.9 Å². The normalized spacial score (nSPS) is 22.2. The Morgan fingerprint density at radius 3 is 2.76 bits per heavy atom. The molecule has 1 unspecified atom stereocenters. The number of phenols is 1. The van der Waals surface area contributed by atoms with Crippen LogP contribution in [0.5, 0.6) is 11.5 Å². The van der Waals surface area contributed by atoms with E-state index in [1.807, 2.05) is 24.3 Å². The van der Waals surface area contributed by atoms with Gasteiger partial charge in [-0.1, -0.05) is 29.4 Å². The maximum Gasteiger partial charge on any atom is 0.362 e. The predicted octanol–water partition coefficient (Wildman–Crippen LogP) is 3.74. The fourth-order valence-corrected chi connectivity index (χ4v) is 8.11. The number of phenolic OH excluding ortho intramolecular Hbond substituents is 1. The van der Waals surface area contributed by atoms with Crippen LogP contribution < -0.4 is 4.74 Å². The van der Waals surface area contributed by atoms with Crippen LogP contribution in [-0.4, -0.2) is 68.1 Å². The second kappa shape index (κ2) is 10.0. The number of esters is 1. The SMILES string of the molecule is COC(=O)/C(=N/O)c1[nH]c2ccccc2c1C1SC[C@@H](O)[C@](c2ccc(O)c(OC)c2)(c2ncc[nH]2)S1. The molecule has 1 saturated heterocycles. The van der Waals surface area contributed by atoms with Gasteiger partial charge in [0.15, 0.2) is 11.5 Å². The smallest absolute Gasteiger partial charge is 0.362 e. The van der Waals surface area contributed by atoms with Gasteiger partial charge < -0.3 is 34.9 Å². The third-order valence-electron chi connectivity index (χ3n) is 6.32. The highest BCUT2D eigenvalue weighted by Gasteiger charge is 2.51. The molecule has 2 aromatic heterocycles. The average molecular weight is 541 g/mol. The van der Waals surface area contributed by atoms with Crippen molar-refractivity contribution < 1.29 is 29.7 Å². The molecular formula is C25H24N4O6S2. The van der Waals surface area contributed by atoms with Gasteiger partial charge in [0.25, 0.3) is 0 Å². The Morgan fingerprint density at radius 1 is 1.24 bits per heavy atom. The monoisotopic (exact) mass is 540 g/mol. The Bertz CT molecular complexity index is 1470. The molecule has 1 aliphatic heterocycles. The summed E-state index contributed by atoms with van der Waals surface area (Å²) in [7, 11) is 2.68.